The molecule has 9 nitrogen and oxygen atoms in total. The van der Waals surface area contributed by atoms with Crippen LogP contribution >= 0.6 is 0 Å². The zero-order chi connectivity index (χ0) is 29.9. The van der Waals surface area contributed by atoms with E-state index < -0.39 is 34.9 Å². The van der Waals surface area contributed by atoms with Crippen LogP contribution in [0.3, 0.4) is 0 Å². The van der Waals surface area contributed by atoms with Crippen LogP contribution in [0.2, 0.25) is 0 Å². The summed E-state index contributed by atoms with van der Waals surface area (Å²) in [5, 5.41) is 14.1. The van der Waals surface area contributed by atoms with Crippen molar-refractivity contribution in [2.24, 2.45) is 16.6 Å². The van der Waals surface area contributed by atoms with Gasteiger partial charge in [-0.15, -0.1) is 6.58 Å². The first-order valence-electron chi connectivity index (χ1n) is 14.1. The minimum atomic E-state index is -0.982. The molecule has 2 aromatic rings. The molecule has 0 fully saturated rings. The molecule has 41 heavy (non-hydrogen) atoms. The largest absolute Gasteiger partial charge is 0.487 e. The van der Waals surface area contributed by atoms with Gasteiger partial charge in [0.15, 0.2) is 5.96 Å². The van der Waals surface area contributed by atoms with Gasteiger partial charge < -0.3 is 25.6 Å². The second-order valence-electron chi connectivity index (χ2n) is 12.7. The van der Waals surface area contributed by atoms with Crippen molar-refractivity contribution in [1.29, 1.82) is 0 Å². The van der Waals surface area contributed by atoms with Crippen molar-refractivity contribution in [2.45, 2.75) is 89.3 Å². The highest BCUT2D eigenvalue weighted by atomic mass is 16.5. The van der Waals surface area contributed by atoms with Gasteiger partial charge in [0, 0.05) is 23.1 Å². The molecular formula is C32H40N4O5. The summed E-state index contributed by atoms with van der Waals surface area (Å²) in [5.41, 5.74) is 5.97. The Kier molecular flexibility index (Phi) is 6.93. The Balaban J connectivity index is 1.50. The Morgan fingerprint density at radius 3 is 2.49 bits per heavy atom. The van der Waals surface area contributed by atoms with Crippen molar-refractivity contribution in [3.8, 4) is 11.5 Å². The average Bonchev–Trinajstić information content (AvgIpc) is 2.89. The number of hydrogen-bond acceptors (Lipinski definition) is 7. The molecule has 2 aromatic carbocycles. The Labute approximate surface area is 241 Å². The monoisotopic (exact) mass is 560 g/mol. The molecule has 4 N–H and O–H groups in total. The summed E-state index contributed by atoms with van der Waals surface area (Å²) in [5.74, 6) is 0.829. The quantitative estimate of drug-likeness (QED) is 0.465. The predicted octanol–water partition coefficient (Wildman–Crippen LogP) is 4.42. The maximum atomic E-state index is 13.7. The minimum absolute atomic E-state index is 0.0361. The molecule has 218 valence electrons. The van der Waals surface area contributed by atoms with Crippen molar-refractivity contribution in [1.82, 2.24) is 10.2 Å². The third-order valence-corrected chi connectivity index (χ3v) is 8.58. The summed E-state index contributed by atoms with van der Waals surface area (Å²) in [6.45, 7) is 15.4. The maximum absolute atomic E-state index is 13.7. The van der Waals surface area contributed by atoms with E-state index in [0.29, 0.717) is 34.6 Å². The van der Waals surface area contributed by atoms with Gasteiger partial charge in [0.25, 0.3) is 5.91 Å². The van der Waals surface area contributed by atoms with Gasteiger partial charge in [-0.2, -0.15) is 0 Å². The number of carbonyl (C=O) groups excluding carboxylic acids is 2. The van der Waals surface area contributed by atoms with Crippen LogP contribution in [0.25, 0.3) is 0 Å². The summed E-state index contributed by atoms with van der Waals surface area (Å²) in [4.78, 5) is 33.6. The van der Waals surface area contributed by atoms with E-state index in [1.54, 1.807) is 38.1 Å². The van der Waals surface area contributed by atoms with E-state index in [4.69, 9.17) is 20.2 Å². The van der Waals surface area contributed by atoms with E-state index in [1.165, 1.54) is 4.90 Å². The maximum Gasteiger partial charge on any atom is 0.251 e. The zero-order valence-electron chi connectivity index (χ0n) is 24.6. The number of aliphatic imine (C=N–C) groups is 1. The number of aliphatic hydroxyl groups excluding tert-OH is 1. The number of ether oxygens (including phenoxy) is 2. The third-order valence-electron chi connectivity index (χ3n) is 8.58. The number of hydrogen-bond donors (Lipinski definition) is 3. The van der Waals surface area contributed by atoms with Gasteiger partial charge in [0.05, 0.1) is 24.0 Å². The number of nitrogens with two attached hydrogens (primary N) is 1. The standard InChI is InChI=1S/C32H40N4O5/c1-8-32(18(2)3)17-25(37)36(29(33)35-32)22-16-30(4,5)40-24-14-13-19(15-21(22)24)28(39)34-26-20-11-9-10-12-23(20)41-31(6,7)27(26)38/h8-15,18,22,26-27,38H,1,16-17H2,2-7H3,(H2,33,35)(H,34,39)/t22-,26-,27+,32+/m1/s1. The van der Waals surface area contributed by atoms with Crippen LogP contribution in [0.4, 0.5) is 0 Å². The number of carbonyl (C=O) groups is 2. The molecular weight excluding hydrogens is 520 g/mol. The predicted molar refractivity (Wildman–Crippen MR) is 157 cm³/mol. The van der Waals surface area contributed by atoms with Gasteiger partial charge in [-0.05, 0) is 57.9 Å². The topological polar surface area (TPSA) is 126 Å². The minimum Gasteiger partial charge on any atom is -0.487 e. The molecule has 0 saturated heterocycles. The second-order valence-corrected chi connectivity index (χ2v) is 12.7. The number of rotatable bonds is 5. The molecule has 0 radical (unpaired) electrons. The number of nitrogens with one attached hydrogen (secondary N) is 1. The van der Waals surface area contributed by atoms with Crippen LogP contribution in [0.1, 0.15) is 88.0 Å². The number of fused-ring (bicyclic) bond motifs is 2. The third kappa shape index (κ3) is 4.96. The second kappa shape index (κ2) is 9.91. The number of benzene rings is 2. The number of guanidine groups is 1. The highest BCUT2D eigenvalue weighted by molar-refractivity contribution is 6.00. The van der Waals surface area contributed by atoms with Crippen molar-refractivity contribution in [3.05, 3.63) is 71.8 Å². The fourth-order valence-corrected chi connectivity index (χ4v) is 6.10. The van der Waals surface area contributed by atoms with Crippen LogP contribution in [0, 0.1) is 5.92 Å². The molecule has 0 unspecified atom stereocenters. The molecule has 3 aliphatic rings. The molecule has 0 spiro atoms. The summed E-state index contributed by atoms with van der Waals surface area (Å²) in [7, 11) is 0. The molecule has 0 saturated carbocycles. The van der Waals surface area contributed by atoms with Crippen molar-refractivity contribution in [2.75, 3.05) is 0 Å². The number of aliphatic hydroxyl groups is 1. The van der Waals surface area contributed by atoms with Gasteiger partial charge in [0.1, 0.15) is 28.8 Å². The lowest BCUT2D eigenvalue weighted by atomic mass is 9.81. The smallest absolute Gasteiger partial charge is 0.251 e. The Hall–Kier alpha value is -3.85. The molecule has 9 heteroatoms. The number of nitrogens with zero attached hydrogens (tertiary/aromatic N) is 2. The number of para-hydroxylation sites is 1. The lowest BCUT2D eigenvalue weighted by Crippen LogP contribution is -2.55. The van der Waals surface area contributed by atoms with E-state index in [2.05, 4.69) is 11.9 Å². The SMILES string of the molecule is C=C[C@@]1(C(C)C)CC(=O)N([C@@H]2CC(C)(C)Oc3ccc(C(=O)N[C@@H]4c5ccccc5OC(C)(C)[C@H]4O)cc32)C(N)=N1. The summed E-state index contributed by atoms with van der Waals surface area (Å²) in [6, 6.07) is 11.4. The van der Waals surface area contributed by atoms with Gasteiger partial charge in [0.2, 0.25) is 5.91 Å². The van der Waals surface area contributed by atoms with Crippen LogP contribution in [0.5, 0.6) is 11.5 Å². The molecule has 0 aromatic heterocycles. The Morgan fingerprint density at radius 2 is 1.83 bits per heavy atom. The van der Waals surface area contributed by atoms with Gasteiger partial charge in [-0.1, -0.05) is 38.1 Å². The van der Waals surface area contributed by atoms with Crippen LogP contribution < -0.4 is 20.5 Å². The highest BCUT2D eigenvalue weighted by Crippen LogP contribution is 2.45. The van der Waals surface area contributed by atoms with E-state index in [-0.39, 0.29) is 30.1 Å². The lowest BCUT2D eigenvalue weighted by Gasteiger charge is -2.45. The highest BCUT2D eigenvalue weighted by Gasteiger charge is 2.47. The molecule has 3 aliphatic heterocycles. The van der Waals surface area contributed by atoms with Crippen LogP contribution in [0.15, 0.2) is 60.1 Å². The van der Waals surface area contributed by atoms with Gasteiger partial charge >= 0.3 is 0 Å². The van der Waals surface area contributed by atoms with E-state index in [9.17, 15) is 14.7 Å². The summed E-state index contributed by atoms with van der Waals surface area (Å²) >= 11 is 0. The molecule has 0 aliphatic carbocycles. The first-order chi connectivity index (χ1) is 19.2. The van der Waals surface area contributed by atoms with Crippen LogP contribution in [-0.2, 0) is 4.79 Å². The lowest BCUT2D eigenvalue weighted by molar-refractivity contribution is -0.132. The summed E-state index contributed by atoms with van der Waals surface area (Å²) < 4.78 is 12.3. The normalized spacial score (nSPS) is 28.0. The molecule has 5 rings (SSSR count). The van der Waals surface area contributed by atoms with Gasteiger partial charge in [-0.25, -0.2) is 4.99 Å². The first kappa shape index (κ1) is 28.7. The molecule has 2 amide bonds. The fraction of sp³-hybridized carbons (Fsp3) is 0.469. The van der Waals surface area contributed by atoms with E-state index >= 15 is 0 Å². The molecule has 3 heterocycles. The van der Waals surface area contributed by atoms with Crippen molar-refractivity contribution >= 4 is 17.8 Å². The van der Waals surface area contributed by atoms with Crippen molar-refractivity contribution < 1.29 is 24.2 Å². The first-order valence-corrected chi connectivity index (χ1v) is 14.1. The summed E-state index contributed by atoms with van der Waals surface area (Å²) in [6.07, 6.45) is 1.33. The van der Waals surface area contributed by atoms with Crippen LogP contribution in [-0.4, -0.2) is 50.6 Å². The van der Waals surface area contributed by atoms with E-state index in [0.717, 1.165) is 0 Å². The Bertz CT molecular complexity index is 1430. The van der Waals surface area contributed by atoms with Gasteiger partial charge in [-0.3, -0.25) is 14.5 Å². The zero-order valence-corrected chi connectivity index (χ0v) is 24.6. The fourth-order valence-electron chi connectivity index (χ4n) is 6.10. The average molecular weight is 561 g/mol. The van der Waals surface area contributed by atoms with E-state index in [1.807, 2.05) is 52.0 Å². The molecule has 0 bridgehead atoms. The Morgan fingerprint density at radius 1 is 1.15 bits per heavy atom. The molecule has 4 atom stereocenters. The number of amides is 2. The van der Waals surface area contributed by atoms with Crippen molar-refractivity contribution in [3.63, 3.8) is 0 Å².